The van der Waals surface area contributed by atoms with Crippen molar-refractivity contribution < 1.29 is 9.53 Å². The van der Waals surface area contributed by atoms with Gasteiger partial charge in [0.1, 0.15) is 5.75 Å². The second-order valence-corrected chi connectivity index (χ2v) is 5.39. The molecular weight excluding hydrogens is 290 g/mol. The summed E-state index contributed by atoms with van der Waals surface area (Å²) in [7, 11) is 0. The van der Waals surface area contributed by atoms with Gasteiger partial charge in [0.25, 0.3) is 5.91 Å². The predicted molar refractivity (Wildman–Crippen MR) is 92.6 cm³/mol. The smallest absolute Gasteiger partial charge is 0.277 e. The highest BCUT2D eigenvalue weighted by atomic mass is 16.5. The van der Waals surface area contributed by atoms with Gasteiger partial charge in [0, 0.05) is 5.69 Å². The topological polar surface area (TPSA) is 76.7 Å². The van der Waals surface area contributed by atoms with Gasteiger partial charge in [0.05, 0.1) is 5.71 Å². The Morgan fingerprint density at radius 3 is 2.65 bits per heavy atom. The molecule has 120 valence electrons. The number of rotatable bonds is 5. The highest BCUT2D eigenvalue weighted by Gasteiger charge is 2.04. The Hall–Kier alpha value is -2.82. The van der Waals surface area contributed by atoms with Crippen molar-refractivity contribution in [3.63, 3.8) is 0 Å². The molecule has 0 aliphatic rings. The Morgan fingerprint density at radius 1 is 1.17 bits per heavy atom. The summed E-state index contributed by atoms with van der Waals surface area (Å²) in [5, 5.41) is 4.06. The molecule has 5 heteroatoms. The molecule has 0 fully saturated rings. The van der Waals surface area contributed by atoms with Crippen LogP contribution < -0.4 is 15.9 Å². The number of hydrazone groups is 1. The van der Waals surface area contributed by atoms with Crippen LogP contribution in [0.2, 0.25) is 0 Å². The minimum absolute atomic E-state index is 0.0871. The van der Waals surface area contributed by atoms with Gasteiger partial charge in [0.2, 0.25) is 0 Å². The number of ether oxygens (including phenoxy) is 1. The molecule has 5 nitrogen and oxygen atoms in total. The van der Waals surface area contributed by atoms with Crippen LogP contribution >= 0.6 is 0 Å². The fraction of sp³-hybridized carbons (Fsp3) is 0.222. The van der Waals surface area contributed by atoms with Crippen LogP contribution in [0.3, 0.4) is 0 Å². The molecule has 0 unspecified atom stereocenters. The molecule has 0 radical (unpaired) electrons. The van der Waals surface area contributed by atoms with Gasteiger partial charge in [-0.05, 0) is 61.7 Å². The van der Waals surface area contributed by atoms with Crippen LogP contribution in [0.1, 0.15) is 23.6 Å². The molecule has 0 bridgehead atoms. The highest BCUT2D eigenvalue weighted by molar-refractivity contribution is 5.99. The van der Waals surface area contributed by atoms with Crippen molar-refractivity contribution in [3.8, 4) is 5.75 Å². The zero-order valence-electron chi connectivity index (χ0n) is 13.6. The molecular formula is C18H21N3O2. The maximum absolute atomic E-state index is 11.8. The fourth-order valence-corrected chi connectivity index (χ4v) is 1.96. The average molecular weight is 311 g/mol. The predicted octanol–water partition coefficient (Wildman–Crippen LogP) is 2.80. The number of anilines is 1. The van der Waals surface area contributed by atoms with E-state index in [2.05, 4.69) is 10.5 Å². The molecule has 2 aromatic rings. The molecule has 0 heterocycles. The first-order valence-electron chi connectivity index (χ1n) is 7.35. The van der Waals surface area contributed by atoms with Crippen LogP contribution in [0.4, 0.5) is 5.69 Å². The van der Waals surface area contributed by atoms with E-state index in [-0.39, 0.29) is 12.5 Å². The van der Waals surface area contributed by atoms with E-state index >= 15 is 0 Å². The monoisotopic (exact) mass is 311 g/mol. The van der Waals surface area contributed by atoms with Crippen LogP contribution in [0.5, 0.6) is 5.75 Å². The number of hydrogen-bond acceptors (Lipinski definition) is 4. The standard InChI is InChI=1S/C18H21N3O2/c1-12-7-8-17(9-13(12)2)23-11-18(22)21-20-14(3)15-5-4-6-16(19)10-15/h4-10H,11,19H2,1-3H3,(H,21,22)/b20-14-. The molecule has 2 rings (SSSR count). The molecule has 0 aliphatic carbocycles. The van der Waals surface area contributed by atoms with E-state index in [4.69, 9.17) is 10.5 Å². The third-order valence-corrected chi connectivity index (χ3v) is 3.50. The van der Waals surface area contributed by atoms with E-state index in [1.54, 1.807) is 19.1 Å². The van der Waals surface area contributed by atoms with Crippen molar-refractivity contribution in [1.29, 1.82) is 0 Å². The summed E-state index contributed by atoms with van der Waals surface area (Å²) >= 11 is 0. The molecule has 2 aromatic carbocycles. The summed E-state index contributed by atoms with van der Waals surface area (Å²) in [4.78, 5) is 11.8. The fourth-order valence-electron chi connectivity index (χ4n) is 1.96. The number of nitrogens with two attached hydrogens (primary N) is 1. The minimum atomic E-state index is -0.313. The van der Waals surface area contributed by atoms with Crippen molar-refractivity contribution in [3.05, 3.63) is 59.2 Å². The Kier molecular flexibility index (Phi) is 5.36. The molecule has 0 atom stereocenters. The lowest BCUT2D eigenvalue weighted by Gasteiger charge is -2.08. The molecule has 1 amide bonds. The normalized spacial score (nSPS) is 11.2. The quantitative estimate of drug-likeness (QED) is 0.506. The molecule has 0 aliphatic heterocycles. The van der Waals surface area contributed by atoms with E-state index < -0.39 is 0 Å². The summed E-state index contributed by atoms with van der Waals surface area (Å²) < 4.78 is 5.46. The Balaban J connectivity index is 1.89. The molecule has 0 aromatic heterocycles. The maximum Gasteiger partial charge on any atom is 0.277 e. The number of nitrogens with zero attached hydrogens (tertiary/aromatic N) is 1. The van der Waals surface area contributed by atoms with Gasteiger partial charge in [0.15, 0.2) is 6.61 Å². The van der Waals surface area contributed by atoms with Crippen molar-refractivity contribution in [2.45, 2.75) is 20.8 Å². The molecule has 0 saturated heterocycles. The first-order valence-corrected chi connectivity index (χ1v) is 7.35. The van der Waals surface area contributed by atoms with Crippen molar-refractivity contribution in [1.82, 2.24) is 5.43 Å². The first-order chi connectivity index (χ1) is 11.0. The van der Waals surface area contributed by atoms with E-state index in [1.165, 1.54) is 5.56 Å². The number of carbonyl (C=O) groups excluding carboxylic acids is 1. The highest BCUT2D eigenvalue weighted by Crippen LogP contribution is 2.16. The van der Waals surface area contributed by atoms with Crippen LogP contribution in [0, 0.1) is 13.8 Å². The van der Waals surface area contributed by atoms with E-state index in [0.717, 1.165) is 11.1 Å². The largest absolute Gasteiger partial charge is 0.484 e. The van der Waals surface area contributed by atoms with Gasteiger partial charge in [-0.1, -0.05) is 18.2 Å². The van der Waals surface area contributed by atoms with Crippen molar-refractivity contribution >= 4 is 17.3 Å². The zero-order chi connectivity index (χ0) is 16.8. The van der Waals surface area contributed by atoms with Crippen LogP contribution in [-0.2, 0) is 4.79 Å². The van der Waals surface area contributed by atoms with Gasteiger partial charge in [-0.15, -0.1) is 0 Å². The number of amides is 1. The van der Waals surface area contributed by atoms with Crippen LogP contribution in [0.15, 0.2) is 47.6 Å². The number of hydrogen-bond donors (Lipinski definition) is 2. The number of carbonyl (C=O) groups is 1. The SMILES string of the molecule is C/C(=N/NC(=O)COc1ccc(C)c(C)c1)c1cccc(N)c1. The lowest BCUT2D eigenvalue weighted by atomic mass is 10.1. The number of nitrogens with one attached hydrogen (secondary N) is 1. The Morgan fingerprint density at radius 2 is 1.96 bits per heavy atom. The van der Waals surface area contributed by atoms with Crippen LogP contribution in [0.25, 0.3) is 0 Å². The Labute approximate surface area is 136 Å². The van der Waals surface area contributed by atoms with Crippen molar-refractivity contribution in [2.75, 3.05) is 12.3 Å². The van der Waals surface area contributed by atoms with Gasteiger partial charge >= 0.3 is 0 Å². The zero-order valence-corrected chi connectivity index (χ0v) is 13.6. The number of benzene rings is 2. The van der Waals surface area contributed by atoms with Crippen LogP contribution in [-0.4, -0.2) is 18.2 Å². The molecule has 0 saturated carbocycles. The first kappa shape index (κ1) is 16.5. The van der Waals surface area contributed by atoms with Gasteiger partial charge in [-0.2, -0.15) is 5.10 Å². The van der Waals surface area contributed by atoms with E-state index in [9.17, 15) is 4.79 Å². The van der Waals surface area contributed by atoms with E-state index in [0.29, 0.717) is 17.1 Å². The summed E-state index contributed by atoms with van der Waals surface area (Å²) in [6.07, 6.45) is 0. The molecule has 23 heavy (non-hydrogen) atoms. The number of nitrogen functional groups attached to an aromatic ring is 1. The van der Waals surface area contributed by atoms with Gasteiger partial charge in [-0.3, -0.25) is 4.79 Å². The summed E-state index contributed by atoms with van der Waals surface area (Å²) in [5.41, 5.74) is 12.7. The second-order valence-electron chi connectivity index (χ2n) is 5.39. The lowest BCUT2D eigenvalue weighted by molar-refractivity contribution is -0.123. The van der Waals surface area contributed by atoms with Crippen molar-refractivity contribution in [2.24, 2.45) is 5.10 Å². The maximum atomic E-state index is 11.8. The summed E-state index contributed by atoms with van der Waals surface area (Å²) in [6.45, 7) is 5.75. The number of aryl methyl sites for hydroxylation is 2. The van der Waals surface area contributed by atoms with Gasteiger partial charge in [-0.25, -0.2) is 5.43 Å². The Bertz CT molecular complexity index is 739. The third kappa shape index (κ3) is 4.85. The minimum Gasteiger partial charge on any atom is -0.484 e. The van der Waals surface area contributed by atoms with Gasteiger partial charge < -0.3 is 10.5 Å². The molecule has 0 spiro atoms. The third-order valence-electron chi connectivity index (χ3n) is 3.50. The molecule has 3 N–H and O–H groups in total. The average Bonchev–Trinajstić information content (AvgIpc) is 2.53. The lowest BCUT2D eigenvalue weighted by Crippen LogP contribution is -2.25. The van der Waals surface area contributed by atoms with E-state index in [1.807, 2.05) is 44.2 Å². The summed E-state index contributed by atoms with van der Waals surface area (Å²) in [6, 6.07) is 13.0. The second kappa shape index (κ2) is 7.45. The summed E-state index contributed by atoms with van der Waals surface area (Å²) in [5.74, 6) is 0.353.